The van der Waals surface area contributed by atoms with Gasteiger partial charge < -0.3 is 14.6 Å². The van der Waals surface area contributed by atoms with Crippen molar-refractivity contribution in [3.05, 3.63) is 101 Å². The van der Waals surface area contributed by atoms with E-state index in [4.69, 9.17) is 21.1 Å². The largest absolute Gasteiger partial charge is 0.507 e. The van der Waals surface area contributed by atoms with E-state index < -0.39 is 17.7 Å². The Hall–Kier alpha value is -4.14. The zero-order valence-corrected chi connectivity index (χ0v) is 23.4. The first-order valence-corrected chi connectivity index (χ1v) is 14.0. The number of hydrogen-bond donors (Lipinski definition) is 1. The molecule has 1 aliphatic rings. The van der Waals surface area contributed by atoms with Gasteiger partial charge in [0.25, 0.3) is 5.78 Å². The van der Waals surface area contributed by atoms with E-state index in [0.29, 0.717) is 51.5 Å². The molecule has 1 aromatic heterocycles. The van der Waals surface area contributed by atoms with E-state index >= 15 is 0 Å². The van der Waals surface area contributed by atoms with Crippen LogP contribution < -0.4 is 14.4 Å². The van der Waals surface area contributed by atoms with E-state index in [1.807, 2.05) is 0 Å². The van der Waals surface area contributed by atoms with Crippen molar-refractivity contribution in [2.45, 2.75) is 25.8 Å². The number of Topliss-reactive ketones (excluding diaryl/α,β-unsaturated/α-hetero) is 1. The number of ketones is 1. The van der Waals surface area contributed by atoms with Crippen LogP contribution in [0.3, 0.4) is 0 Å². The SMILES string of the molecule is C=CCOc1ccc(C2/C(=C(\O)c3cccc(OCCCC)c3)C(=O)C(=O)N2c2nc3ccc(Cl)cc3s2)cc1. The maximum absolute atomic E-state index is 13.5. The van der Waals surface area contributed by atoms with Crippen LogP contribution in [-0.4, -0.2) is 35.0 Å². The van der Waals surface area contributed by atoms with E-state index in [0.717, 1.165) is 17.5 Å². The van der Waals surface area contributed by atoms with Crippen molar-refractivity contribution in [3.8, 4) is 11.5 Å². The summed E-state index contributed by atoms with van der Waals surface area (Å²) in [5.74, 6) is -0.701. The molecule has 2 heterocycles. The number of aliphatic hydroxyl groups is 1. The molecule has 4 aromatic rings. The number of aliphatic hydroxyl groups excluding tert-OH is 1. The van der Waals surface area contributed by atoms with Crippen LogP contribution >= 0.6 is 22.9 Å². The Balaban J connectivity index is 1.62. The number of halogens is 1. The average molecular weight is 575 g/mol. The van der Waals surface area contributed by atoms with Gasteiger partial charge in [-0.2, -0.15) is 0 Å². The molecule has 0 spiro atoms. The first kappa shape index (κ1) is 27.4. The molecule has 3 aromatic carbocycles. The molecule has 1 aliphatic heterocycles. The second-order valence-electron chi connectivity index (χ2n) is 9.18. The van der Waals surface area contributed by atoms with Crippen molar-refractivity contribution >= 4 is 55.7 Å². The number of benzene rings is 3. The maximum atomic E-state index is 13.5. The van der Waals surface area contributed by atoms with Crippen molar-refractivity contribution in [3.63, 3.8) is 0 Å². The van der Waals surface area contributed by atoms with Crippen LogP contribution in [0.5, 0.6) is 11.5 Å². The van der Waals surface area contributed by atoms with Crippen LogP contribution in [0.25, 0.3) is 16.0 Å². The summed E-state index contributed by atoms with van der Waals surface area (Å²) in [5, 5.41) is 12.4. The van der Waals surface area contributed by atoms with Crippen LogP contribution in [0, 0.1) is 0 Å². The number of fused-ring (bicyclic) bond motifs is 1. The zero-order valence-electron chi connectivity index (χ0n) is 21.8. The molecule has 0 aliphatic carbocycles. The third kappa shape index (κ3) is 5.46. The lowest BCUT2D eigenvalue weighted by Crippen LogP contribution is -2.29. The van der Waals surface area contributed by atoms with Crippen molar-refractivity contribution in [1.82, 2.24) is 4.98 Å². The second kappa shape index (κ2) is 11.9. The van der Waals surface area contributed by atoms with Gasteiger partial charge in [0.05, 0.1) is 28.4 Å². The Kier molecular flexibility index (Phi) is 8.19. The quantitative estimate of drug-likeness (QED) is 0.0702. The van der Waals surface area contributed by atoms with E-state index in [-0.39, 0.29) is 11.3 Å². The molecule has 5 rings (SSSR count). The van der Waals surface area contributed by atoms with E-state index in [1.54, 1.807) is 72.8 Å². The number of anilines is 1. The van der Waals surface area contributed by atoms with Gasteiger partial charge in [0.2, 0.25) is 0 Å². The van der Waals surface area contributed by atoms with Crippen LogP contribution in [-0.2, 0) is 9.59 Å². The standard InChI is InChI=1S/C31H27ClN2O5S/c1-3-5-16-39-23-8-6-7-20(17-23)28(35)26-27(19-9-12-22(13-10-19)38-15-4-2)34(30(37)29(26)36)31-33-24-14-11-21(32)18-25(24)40-31/h4,6-14,17-18,27,35H,2-3,5,15-16H2,1H3/b28-26+. The first-order valence-electron chi connectivity index (χ1n) is 12.8. The van der Waals surface area contributed by atoms with Crippen molar-refractivity contribution in [1.29, 1.82) is 0 Å². The van der Waals surface area contributed by atoms with Gasteiger partial charge in [0, 0.05) is 10.6 Å². The Bertz CT molecular complexity index is 1610. The Morgan fingerprint density at radius 2 is 1.90 bits per heavy atom. The number of rotatable bonds is 10. The third-order valence-corrected chi connectivity index (χ3v) is 7.68. The fourth-order valence-electron chi connectivity index (χ4n) is 4.46. The van der Waals surface area contributed by atoms with Crippen molar-refractivity contribution < 1.29 is 24.2 Å². The topological polar surface area (TPSA) is 89.0 Å². The Labute approximate surface area is 240 Å². The molecular weight excluding hydrogens is 548 g/mol. The number of thiazole rings is 1. The Morgan fingerprint density at radius 1 is 1.10 bits per heavy atom. The summed E-state index contributed by atoms with van der Waals surface area (Å²) >= 11 is 7.42. The lowest BCUT2D eigenvalue weighted by atomic mass is 9.95. The van der Waals surface area contributed by atoms with Crippen molar-refractivity contribution in [2.75, 3.05) is 18.1 Å². The summed E-state index contributed by atoms with van der Waals surface area (Å²) in [7, 11) is 0. The lowest BCUT2D eigenvalue weighted by Gasteiger charge is -2.23. The summed E-state index contributed by atoms with van der Waals surface area (Å²) < 4.78 is 12.2. The first-order chi connectivity index (χ1) is 19.4. The van der Waals surface area contributed by atoms with Gasteiger partial charge in [0.1, 0.15) is 23.9 Å². The molecule has 1 saturated heterocycles. The summed E-state index contributed by atoms with van der Waals surface area (Å²) in [5.41, 5.74) is 1.60. The van der Waals surface area contributed by atoms with Gasteiger partial charge in [0.15, 0.2) is 5.13 Å². The minimum Gasteiger partial charge on any atom is -0.507 e. The monoisotopic (exact) mass is 574 g/mol. The number of amides is 1. The molecule has 40 heavy (non-hydrogen) atoms. The molecule has 0 radical (unpaired) electrons. The maximum Gasteiger partial charge on any atom is 0.301 e. The molecule has 1 unspecified atom stereocenters. The van der Waals surface area contributed by atoms with Crippen LogP contribution in [0.15, 0.2) is 85.0 Å². The average Bonchev–Trinajstić information content (AvgIpc) is 3.49. The van der Waals surface area contributed by atoms with Gasteiger partial charge >= 0.3 is 5.91 Å². The van der Waals surface area contributed by atoms with Crippen LogP contribution in [0.2, 0.25) is 5.02 Å². The van der Waals surface area contributed by atoms with Gasteiger partial charge in [-0.15, -0.1) is 0 Å². The van der Waals surface area contributed by atoms with Gasteiger partial charge in [-0.25, -0.2) is 4.98 Å². The summed E-state index contributed by atoms with van der Waals surface area (Å²) in [6.07, 6.45) is 3.52. The minimum absolute atomic E-state index is 0.0345. The number of nitrogens with zero attached hydrogens (tertiary/aromatic N) is 2. The zero-order chi connectivity index (χ0) is 28.2. The molecule has 1 atom stereocenters. The molecular formula is C31H27ClN2O5S. The second-order valence-corrected chi connectivity index (χ2v) is 10.6. The van der Waals surface area contributed by atoms with E-state index in [2.05, 4.69) is 18.5 Å². The number of ether oxygens (including phenoxy) is 2. The molecule has 0 saturated carbocycles. The summed E-state index contributed by atoms with van der Waals surface area (Å²) in [6.45, 7) is 6.60. The lowest BCUT2D eigenvalue weighted by molar-refractivity contribution is -0.132. The van der Waals surface area contributed by atoms with Gasteiger partial charge in [-0.3, -0.25) is 14.5 Å². The number of hydrogen-bond acceptors (Lipinski definition) is 7. The van der Waals surface area contributed by atoms with Crippen LogP contribution in [0.4, 0.5) is 5.13 Å². The molecule has 204 valence electrons. The van der Waals surface area contributed by atoms with Crippen molar-refractivity contribution in [2.24, 2.45) is 0 Å². The van der Waals surface area contributed by atoms with Gasteiger partial charge in [-0.05, 0) is 54.4 Å². The fourth-order valence-corrected chi connectivity index (χ4v) is 5.73. The van der Waals surface area contributed by atoms with E-state index in [1.165, 1.54) is 16.2 Å². The number of carbonyl (C=O) groups excluding carboxylic acids is 2. The summed E-state index contributed by atoms with van der Waals surface area (Å²) in [4.78, 5) is 33.1. The third-order valence-electron chi connectivity index (χ3n) is 6.43. The number of carbonyl (C=O) groups is 2. The highest BCUT2D eigenvalue weighted by molar-refractivity contribution is 7.22. The predicted molar refractivity (Wildman–Crippen MR) is 158 cm³/mol. The number of unbranched alkanes of at least 4 members (excludes halogenated alkanes) is 1. The normalized spacial score (nSPS) is 16.4. The highest BCUT2D eigenvalue weighted by Crippen LogP contribution is 2.45. The minimum atomic E-state index is -0.922. The smallest absolute Gasteiger partial charge is 0.301 e. The summed E-state index contributed by atoms with van der Waals surface area (Å²) in [6, 6.07) is 18.2. The molecule has 1 N–H and O–H groups in total. The Morgan fingerprint density at radius 3 is 2.65 bits per heavy atom. The molecule has 7 nitrogen and oxygen atoms in total. The predicted octanol–water partition coefficient (Wildman–Crippen LogP) is 7.32. The fraction of sp³-hybridized carbons (Fsp3) is 0.194. The highest BCUT2D eigenvalue weighted by Gasteiger charge is 2.48. The molecule has 1 fully saturated rings. The van der Waals surface area contributed by atoms with E-state index in [9.17, 15) is 14.7 Å². The molecule has 1 amide bonds. The number of aromatic nitrogens is 1. The molecule has 9 heteroatoms. The van der Waals surface area contributed by atoms with Gasteiger partial charge in [-0.1, -0.05) is 73.2 Å². The highest BCUT2D eigenvalue weighted by atomic mass is 35.5. The molecule has 0 bridgehead atoms. The van der Waals surface area contributed by atoms with Crippen LogP contribution in [0.1, 0.15) is 36.9 Å².